The number of nitrogens with one attached hydrogen (secondary N) is 3. The summed E-state index contributed by atoms with van der Waals surface area (Å²) < 4.78 is 1.70. The van der Waals surface area contributed by atoms with Gasteiger partial charge in [0, 0.05) is 30.9 Å². The molecule has 1 aliphatic heterocycles. The van der Waals surface area contributed by atoms with Gasteiger partial charge in [0.25, 0.3) is 0 Å². The van der Waals surface area contributed by atoms with Gasteiger partial charge in [0.05, 0.1) is 5.69 Å². The van der Waals surface area contributed by atoms with E-state index in [-0.39, 0.29) is 17.9 Å². The molecule has 2 atom stereocenters. The van der Waals surface area contributed by atoms with E-state index in [1.165, 1.54) is 0 Å². The van der Waals surface area contributed by atoms with Gasteiger partial charge in [-0.05, 0) is 31.7 Å². The highest BCUT2D eigenvalue weighted by Gasteiger charge is 2.31. The summed E-state index contributed by atoms with van der Waals surface area (Å²) >= 11 is 0. The van der Waals surface area contributed by atoms with E-state index in [0.29, 0.717) is 31.0 Å². The van der Waals surface area contributed by atoms with Crippen LogP contribution in [0.4, 0.5) is 5.82 Å². The third-order valence-electron chi connectivity index (χ3n) is 4.98. The number of aromatic nitrogens is 2. The summed E-state index contributed by atoms with van der Waals surface area (Å²) in [6.45, 7) is 1.97. The predicted octanol–water partition coefficient (Wildman–Crippen LogP) is 2.29. The number of rotatable bonds is 6. The van der Waals surface area contributed by atoms with Gasteiger partial charge in [-0.3, -0.25) is 14.9 Å². The summed E-state index contributed by atoms with van der Waals surface area (Å²) in [6.07, 6.45) is 3.32. The third-order valence-corrected chi connectivity index (χ3v) is 4.98. The Bertz CT molecular complexity index is 828. The van der Waals surface area contributed by atoms with Crippen molar-refractivity contribution in [3.8, 4) is 0 Å². The number of hydrogen-bond donors (Lipinski definition) is 3. The number of hydrogen-bond acceptors (Lipinski definition) is 4. The van der Waals surface area contributed by atoms with Crippen LogP contribution in [0.3, 0.4) is 0 Å². The average Bonchev–Trinajstić information content (AvgIpc) is 3.41. The fourth-order valence-corrected chi connectivity index (χ4v) is 3.38. The zero-order valence-electron chi connectivity index (χ0n) is 15.4. The summed E-state index contributed by atoms with van der Waals surface area (Å²) in [7, 11) is 0. The van der Waals surface area contributed by atoms with Crippen LogP contribution in [0, 0.1) is 0 Å². The Morgan fingerprint density at radius 1 is 1.30 bits per heavy atom. The lowest BCUT2D eigenvalue weighted by atomic mass is 10.1. The lowest BCUT2D eigenvalue weighted by molar-refractivity contribution is -0.125. The van der Waals surface area contributed by atoms with Crippen LogP contribution in [0.1, 0.15) is 56.1 Å². The normalized spacial score (nSPS) is 22.3. The lowest BCUT2D eigenvalue weighted by Crippen LogP contribution is -2.52. The predicted molar refractivity (Wildman–Crippen MR) is 102 cm³/mol. The second-order valence-electron chi connectivity index (χ2n) is 7.45. The Morgan fingerprint density at radius 2 is 2.07 bits per heavy atom. The Balaban J connectivity index is 1.47. The molecule has 2 aliphatic rings. The molecule has 0 radical (unpaired) electrons. The van der Waals surface area contributed by atoms with Gasteiger partial charge in [-0.2, -0.15) is 5.10 Å². The maximum absolute atomic E-state index is 12.5. The number of carbonyl (C=O) groups excluding carboxylic acids is 2. The molecular formula is C20H25N5O2. The van der Waals surface area contributed by atoms with Crippen molar-refractivity contribution in [1.82, 2.24) is 20.4 Å². The molecule has 0 bridgehead atoms. The molecular weight excluding hydrogens is 342 g/mol. The quantitative estimate of drug-likeness (QED) is 0.731. The molecule has 1 aromatic carbocycles. The summed E-state index contributed by atoms with van der Waals surface area (Å²) in [4.78, 5) is 24.4. The minimum Gasteiger partial charge on any atom is -0.322 e. The molecule has 2 fully saturated rings. The number of nitrogens with zero attached hydrogens (tertiary/aromatic N) is 2. The second-order valence-corrected chi connectivity index (χ2v) is 7.45. The molecule has 142 valence electrons. The molecule has 1 aliphatic carbocycles. The molecule has 3 N–H and O–H groups in total. The molecule has 27 heavy (non-hydrogen) atoms. The van der Waals surface area contributed by atoms with Gasteiger partial charge in [-0.1, -0.05) is 30.3 Å². The molecule has 2 unspecified atom stereocenters. The number of benzene rings is 1. The Kier molecular flexibility index (Phi) is 4.94. The molecule has 1 saturated heterocycles. The van der Waals surface area contributed by atoms with Crippen LogP contribution in [0.2, 0.25) is 0 Å². The van der Waals surface area contributed by atoms with E-state index in [0.717, 1.165) is 24.1 Å². The molecule has 7 nitrogen and oxygen atoms in total. The van der Waals surface area contributed by atoms with Gasteiger partial charge in [0.15, 0.2) is 6.29 Å². The first-order chi connectivity index (χ1) is 13.1. The minimum atomic E-state index is -0.446. The molecule has 1 saturated carbocycles. The molecule has 1 aromatic heterocycles. The monoisotopic (exact) mass is 367 g/mol. The summed E-state index contributed by atoms with van der Waals surface area (Å²) in [5.74, 6) is 1.01. The summed E-state index contributed by atoms with van der Waals surface area (Å²) in [6, 6.07) is 11.9. The Hall–Kier alpha value is -2.67. The zero-order valence-corrected chi connectivity index (χ0v) is 15.4. The number of aryl methyl sites for hydroxylation is 1. The van der Waals surface area contributed by atoms with Crippen LogP contribution < -0.4 is 16.0 Å². The molecule has 7 heteroatoms. The standard InChI is InChI=1S/C20H25N5O2/c1-13-11-19(27)23-20(21-13)25-17(12-16(24-25)15-8-9-15)22-18(26)10-7-14-5-3-2-4-6-14/h2-6,12-13,15,20-21H,7-11H2,1H3,(H,22,26)(H,23,27). The van der Waals surface area contributed by atoms with Crippen LogP contribution in [-0.4, -0.2) is 27.6 Å². The summed E-state index contributed by atoms with van der Waals surface area (Å²) in [5, 5.41) is 13.9. The van der Waals surface area contributed by atoms with Crippen molar-refractivity contribution in [2.45, 2.75) is 57.3 Å². The first-order valence-electron chi connectivity index (χ1n) is 9.57. The van der Waals surface area contributed by atoms with Crippen molar-refractivity contribution in [2.75, 3.05) is 5.32 Å². The van der Waals surface area contributed by atoms with Crippen LogP contribution in [0.15, 0.2) is 36.4 Å². The van der Waals surface area contributed by atoms with Crippen molar-refractivity contribution < 1.29 is 9.59 Å². The fraction of sp³-hybridized carbons (Fsp3) is 0.450. The van der Waals surface area contributed by atoms with Crippen LogP contribution in [0.25, 0.3) is 0 Å². The SMILES string of the molecule is CC1CC(=O)NC(n2nc(C3CC3)cc2NC(=O)CCc2ccccc2)N1. The van der Waals surface area contributed by atoms with Crippen molar-refractivity contribution in [2.24, 2.45) is 0 Å². The molecule has 0 spiro atoms. The van der Waals surface area contributed by atoms with E-state index < -0.39 is 6.29 Å². The second kappa shape index (κ2) is 7.52. The minimum absolute atomic E-state index is 0.0175. The van der Waals surface area contributed by atoms with Crippen molar-refractivity contribution in [3.63, 3.8) is 0 Å². The van der Waals surface area contributed by atoms with E-state index in [1.807, 2.05) is 43.3 Å². The van der Waals surface area contributed by atoms with Crippen molar-refractivity contribution in [1.29, 1.82) is 0 Å². The average molecular weight is 367 g/mol. The van der Waals surface area contributed by atoms with Gasteiger partial charge < -0.3 is 10.6 Å². The van der Waals surface area contributed by atoms with Gasteiger partial charge in [-0.15, -0.1) is 0 Å². The fourth-order valence-electron chi connectivity index (χ4n) is 3.38. The highest BCUT2D eigenvalue weighted by Crippen LogP contribution is 2.40. The van der Waals surface area contributed by atoms with Crippen molar-refractivity contribution >= 4 is 17.6 Å². The third kappa shape index (κ3) is 4.36. The zero-order chi connectivity index (χ0) is 18.8. The van der Waals surface area contributed by atoms with Crippen LogP contribution in [0.5, 0.6) is 0 Å². The van der Waals surface area contributed by atoms with Crippen LogP contribution in [-0.2, 0) is 16.0 Å². The number of anilines is 1. The largest absolute Gasteiger partial charge is 0.322 e. The first-order valence-corrected chi connectivity index (χ1v) is 9.57. The Morgan fingerprint density at radius 3 is 2.78 bits per heavy atom. The van der Waals surface area contributed by atoms with E-state index in [2.05, 4.69) is 21.0 Å². The van der Waals surface area contributed by atoms with E-state index in [9.17, 15) is 9.59 Å². The number of amides is 2. The Labute approximate surface area is 158 Å². The van der Waals surface area contributed by atoms with Gasteiger partial charge in [0.2, 0.25) is 11.8 Å². The molecule has 4 rings (SSSR count). The van der Waals surface area contributed by atoms with Gasteiger partial charge in [0.1, 0.15) is 5.82 Å². The smallest absolute Gasteiger partial charge is 0.225 e. The number of carbonyl (C=O) groups is 2. The maximum atomic E-state index is 12.5. The lowest BCUT2D eigenvalue weighted by Gasteiger charge is -2.30. The summed E-state index contributed by atoms with van der Waals surface area (Å²) in [5.41, 5.74) is 2.11. The molecule has 2 aromatic rings. The van der Waals surface area contributed by atoms with Crippen molar-refractivity contribution in [3.05, 3.63) is 47.7 Å². The maximum Gasteiger partial charge on any atom is 0.225 e. The van der Waals surface area contributed by atoms with E-state index >= 15 is 0 Å². The highest BCUT2D eigenvalue weighted by atomic mass is 16.2. The van der Waals surface area contributed by atoms with E-state index in [4.69, 9.17) is 0 Å². The first kappa shape index (κ1) is 17.7. The highest BCUT2D eigenvalue weighted by molar-refractivity contribution is 5.90. The molecule has 2 heterocycles. The topological polar surface area (TPSA) is 88.1 Å². The van der Waals surface area contributed by atoms with E-state index in [1.54, 1.807) is 4.68 Å². The molecule has 2 amide bonds. The van der Waals surface area contributed by atoms with Gasteiger partial charge in [-0.25, -0.2) is 4.68 Å². The van der Waals surface area contributed by atoms with Crippen LogP contribution >= 0.6 is 0 Å². The van der Waals surface area contributed by atoms with Gasteiger partial charge >= 0.3 is 0 Å².